The lowest BCUT2D eigenvalue weighted by atomic mass is 10.0. The van der Waals surface area contributed by atoms with Crippen molar-refractivity contribution < 1.29 is 27.6 Å². The average molecular weight is 506 g/mol. The Balaban J connectivity index is 1.74. The van der Waals surface area contributed by atoms with Crippen molar-refractivity contribution in [2.75, 3.05) is 17.6 Å². The number of carbonyl (C=O) groups is 2. The number of hydrogen-bond acceptors (Lipinski definition) is 7. The van der Waals surface area contributed by atoms with Gasteiger partial charge in [0.1, 0.15) is 17.2 Å². The van der Waals surface area contributed by atoms with Crippen LogP contribution in [0.25, 0.3) is 21.9 Å². The first kappa shape index (κ1) is 24.5. The summed E-state index contributed by atoms with van der Waals surface area (Å²) in [4.78, 5) is 24.4. The van der Waals surface area contributed by atoms with Crippen molar-refractivity contribution in [3.05, 3.63) is 36.4 Å². The largest absolute Gasteiger partial charge is 0.456 e. The van der Waals surface area contributed by atoms with Gasteiger partial charge in [0, 0.05) is 46.0 Å². The molecule has 182 valence electrons. The van der Waals surface area contributed by atoms with Gasteiger partial charge >= 0.3 is 0 Å². The fraction of sp³-hybridized carbons (Fsp3) is 0.391. The Morgan fingerprint density at radius 3 is 2.65 bits per heavy atom. The number of nitrogens with one attached hydrogen (secondary N) is 2. The molecule has 1 saturated heterocycles. The maximum atomic E-state index is 13.6. The van der Waals surface area contributed by atoms with E-state index in [2.05, 4.69) is 5.32 Å². The molecule has 0 aliphatic carbocycles. The van der Waals surface area contributed by atoms with E-state index >= 15 is 0 Å². The molecule has 0 bridgehead atoms. The molecule has 3 aromatic rings. The van der Waals surface area contributed by atoms with Crippen LogP contribution in [-0.4, -0.2) is 52.8 Å². The summed E-state index contributed by atoms with van der Waals surface area (Å²) in [5.41, 5.74) is 3.24. The molecule has 1 unspecified atom stereocenters. The molecule has 1 fully saturated rings. The minimum atomic E-state index is -4.06. The fourth-order valence-corrected chi connectivity index (χ4v) is 7.44. The van der Waals surface area contributed by atoms with Crippen molar-refractivity contribution in [2.45, 2.75) is 49.3 Å². The number of hydroxylamine groups is 1. The van der Waals surface area contributed by atoms with Gasteiger partial charge in [-0.05, 0) is 50.6 Å². The zero-order chi connectivity index (χ0) is 24.7. The van der Waals surface area contributed by atoms with Crippen molar-refractivity contribution >= 4 is 61.2 Å². The normalized spacial score (nSPS) is 18.8. The van der Waals surface area contributed by atoms with Crippen molar-refractivity contribution in [1.82, 2.24) is 9.79 Å². The number of hydrogen-bond donors (Lipinski definition) is 3. The molecule has 11 heteroatoms. The lowest BCUT2D eigenvalue weighted by Gasteiger charge is -2.43. The maximum Gasteiger partial charge on any atom is 0.263 e. The maximum absolute atomic E-state index is 13.6. The van der Waals surface area contributed by atoms with E-state index in [9.17, 15) is 23.2 Å². The number of rotatable bonds is 6. The Hall–Kier alpha value is -2.60. The molecule has 2 heterocycles. The molecule has 9 nitrogen and oxygen atoms in total. The van der Waals surface area contributed by atoms with Crippen LogP contribution in [0, 0.1) is 0 Å². The molecule has 2 amide bonds. The first-order valence-corrected chi connectivity index (χ1v) is 13.4. The summed E-state index contributed by atoms with van der Waals surface area (Å²) in [6.45, 7) is 5.63. The van der Waals surface area contributed by atoms with Gasteiger partial charge in [-0.3, -0.25) is 14.8 Å². The summed E-state index contributed by atoms with van der Waals surface area (Å²) in [5, 5.41) is 13.4. The van der Waals surface area contributed by atoms with E-state index in [0.717, 1.165) is 10.7 Å². The molecule has 0 radical (unpaired) electrons. The minimum absolute atomic E-state index is 0.0291. The third kappa shape index (κ3) is 4.40. The Labute approximate surface area is 201 Å². The van der Waals surface area contributed by atoms with Crippen LogP contribution in [0.5, 0.6) is 0 Å². The topological polar surface area (TPSA) is 129 Å². The van der Waals surface area contributed by atoms with Gasteiger partial charge in [0.2, 0.25) is 15.9 Å². The minimum Gasteiger partial charge on any atom is -0.456 e. The average Bonchev–Trinajstić information content (AvgIpc) is 3.14. The molecule has 4 rings (SSSR count). The van der Waals surface area contributed by atoms with Crippen molar-refractivity contribution in [2.24, 2.45) is 0 Å². The molecule has 2 aromatic carbocycles. The Morgan fingerprint density at radius 1 is 1.18 bits per heavy atom. The van der Waals surface area contributed by atoms with Crippen molar-refractivity contribution in [3.63, 3.8) is 0 Å². The van der Waals surface area contributed by atoms with Crippen molar-refractivity contribution in [1.29, 1.82) is 0 Å². The summed E-state index contributed by atoms with van der Waals surface area (Å²) in [7, 11) is -4.06. The molecular formula is C23H27N3O6S2. The highest BCUT2D eigenvalue weighted by Gasteiger charge is 2.48. The highest BCUT2D eigenvalue weighted by atomic mass is 32.2. The predicted octanol–water partition coefficient (Wildman–Crippen LogP) is 3.71. The van der Waals surface area contributed by atoms with Gasteiger partial charge in [-0.2, -0.15) is 16.1 Å². The number of amides is 2. The molecule has 1 aliphatic heterocycles. The Kier molecular flexibility index (Phi) is 6.65. The molecular weight excluding hydrogens is 478 g/mol. The molecule has 1 aliphatic rings. The second kappa shape index (κ2) is 9.21. The van der Waals surface area contributed by atoms with Gasteiger partial charge in [-0.1, -0.05) is 6.92 Å². The van der Waals surface area contributed by atoms with Crippen molar-refractivity contribution in [3.8, 4) is 0 Å². The smallest absolute Gasteiger partial charge is 0.263 e. The number of carbonyl (C=O) groups excluding carboxylic acids is 2. The number of sulfonamides is 1. The number of nitrogens with zero attached hydrogens (tertiary/aromatic N) is 1. The Bertz CT molecular complexity index is 1370. The van der Waals surface area contributed by atoms with Crippen LogP contribution in [0.4, 0.5) is 5.69 Å². The van der Waals surface area contributed by atoms with Gasteiger partial charge in [-0.15, -0.1) is 0 Å². The molecule has 3 N–H and O–H groups in total. The van der Waals surface area contributed by atoms with E-state index in [0.29, 0.717) is 39.8 Å². The molecule has 1 aromatic heterocycles. The lowest BCUT2D eigenvalue weighted by Crippen LogP contribution is -2.61. The lowest BCUT2D eigenvalue weighted by molar-refractivity contribution is -0.134. The third-order valence-electron chi connectivity index (χ3n) is 5.90. The fourth-order valence-electron chi connectivity index (χ4n) is 4.30. The van der Waals surface area contributed by atoms with E-state index in [1.54, 1.807) is 43.6 Å². The number of thioether (sulfide) groups is 1. The van der Waals surface area contributed by atoms with E-state index in [1.165, 1.54) is 23.9 Å². The quantitative estimate of drug-likeness (QED) is 0.344. The summed E-state index contributed by atoms with van der Waals surface area (Å²) >= 11 is 1.48. The summed E-state index contributed by atoms with van der Waals surface area (Å²) < 4.78 is 33.6. The van der Waals surface area contributed by atoms with E-state index in [4.69, 9.17) is 4.42 Å². The molecule has 0 spiro atoms. The van der Waals surface area contributed by atoms with Crippen LogP contribution >= 0.6 is 11.8 Å². The molecule has 1 atom stereocenters. The third-order valence-corrected chi connectivity index (χ3v) is 9.12. The Morgan fingerprint density at radius 2 is 1.94 bits per heavy atom. The molecule has 0 saturated carbocycles. The van der Waals surface area contributed by atoms with Crippen LogP contribution < -0.4 is 10.8 Å². The van der Waals surface area contributed by atoms with E-state index < -0.39 is 26.7 Å². The number of benzene rings is 2. The van der Waals surface area contributed by atoms with Crippen LogP contribution in [0.2, 0.25) is 0 Å². The number of furan rings is 1. The van der Waals surface area contributed by atoms with Gasteiger partial charge in [0.05, 0.1) is 4.90 Å². The van der Waals surface area contributed by atoms with Gasteiger partial charge in [0.15, 0.2) is 0 Å². The zero-order valence-corrected chi connectivity index (χ0v) is 20.8. The van der Waals surface area contributed by atoms with E-state index in [-0.39, 0.29) is 17.3 Å². The second-order valence-electron chi connectivity index (χ2n) is 8.72. The SMILES string of the molecule is CCCC(=O)Nc1ccc2c(c1)oc1ccc(S(=O)(=O)N3CCSC(C)(C)C3C(=O)NO)cc12. The van der Waals surface area contributed by atoms with Crippen LogP contribution in [0.15, 0.2) is 45.7 Å². The van der Waals surface area contributed by atoms with Crippen LogP contribution in [-0.2, 0) is 19.6 Å². The summed E-state index contributed by atoms with van der Waals surface area (Å²) in [6, 6.07) is 8.74. The first-order valence-electron chi connectivity index (χ1n) is 10.9. The van der Waals surface area contributed by atoms with Crippen LogP contribution in [0.1, 0.15) is 33.6 Å². The standard InChI is InChI=1S/C23H27N3O6S2/c1-4-5-20(27)24-14-6-8-16-17-13-15(7-9-18(17)32-19(16)12-14)34(30,31)26-10-11-33-23(2,3)21(26)22(28)25-29/h6-9,12-13,21,29H,4-5,10-11H2,1-3H3,(H,24,27)(H,25,28). The summed E-state index contributed by atoms with van der Waals surface area (Å²) in [6.07, 6.45) is 1.16. The van der Waals surface area contributed by atoms with Gasteiger partial charge < -0.3 is 9.73 Å². The van der Waals surface area contributed by atoms with Crippen LogP contribution in [0.3, 0.4) is 0 Å². The van der Waals surface area contributed by atoms with Gasteiger partial charge in [-0.25, -0.2) is 13.9 Å². The van der Waals surface area contributed by atoms with Gasteiger partial charge in [0.25, 0.3) is 5.91 Å². The number of anilines is 1. The summed E-state index contributed by atoms with van der Waals surface area (Å²) in [5.74, 6) is -0.339. The first-order chi connectivity index (χ1) is 16.1. The highest BCUT2D eigenvalue weighted by molar-refractivity contribution is 8.01. The predicted molar refractivity (Wildman–Crippen MR) is 131 cm³/mol. The highest BCUT2D eigenvalue weighted by Crippen LogP contribution is 2.39. The number of fused-ring (bicyclic) bond motifs is 3. The van der Waals surface area contributed by atoms with E-state index in [1.807, 2.05) is 6.92 Å². The molecule has 34 heavy (non-hydrogen) atoms. The zero-order valence-electron chi connectivity index (χ0n) is 19.1. The second-order valence-corrected chi connectivity index (χ2v) is 12.4. The monoisotopic (exact) mass is 505 g/mol.